The number of rotatable bonds is 7. The van der Waals surface area contributed by atoms with Gasteiger partial charge in [-0.25, -0.2) is 13.8 Å². The number of thiazole rings is 1. The lowest BCUT2D eigenvalue weighted by Gasteiger charge is -2.08. The van der Waals surface area contributed by atoms with Gasteiger partial charge < -0.3 is 9.84 Å². The van der Waals surface area contributed by atoms with Crippen molar-refractivity contribution in [2.45, 2.75) is 32.3 Å². The quantitative estimate of drug-likeness (QED) is 0.754. The molecule has 92 valence electrons. The van der Waals surface area contributed by atoms with E-state index < -0.39 is 19.1 Å². The molecule has 0 bridgehead atoms. The molecule has 1 unspecified atom stereocenters. The predicted molar refractivity (Wildman–Crippen MR) is 58.0 cm³/mol. The molecule has 0 aliphatic rings. The van der Waals surface area contributed by atoms with Gasteiger partial charge in [0.15, 0.2) is 0 Å². The number of aryl methyl sites for hydroxylation is 1. The van der Waals surface area contributed by atoms with Gasteiger partial charge in [-0.05, 0) is 13.3 Å². The summed E-state index contributed by atoms with van der Waals surface area (Å²) in [6.07, 6.45) is -2.22. The summed E-state index contributed by atoms with van der Waals surface area (Å²) in [5.41, 5.74) is 0.932. The fraction of sp³-hybridized carbons (Fsp3) is 0.700. The van der Waals surface area contributed by atoms with Gasteiger partial charge in [-0.2, -0.15) is 0 Å². The monoisotopic (exact) mass is 251 g/mol. The largest absolute Gasteiger partial charge is 0.393 e. The first kappa shape index (κ1) is 13.5. The van der Waals surface area contributed by atoms with Crippen LogP contribution in [-0.2, 0) is 11.2 Å². The molecule has 0 aromatic carbocycles. The van der Waals surface area contributed by atoms with Gasteiger partial charge in [0.1, 0.15) is 6.61 Å². The van der Waals surface area contributed by atoms with Gasteiger partial charge >= 0.3 is 0 Å². The van der Waals surface area contributed by atoms with Crippen molar-refractivity contribution in [2.75, 3.05) is 13.2 Å². The third-order valence-electron chi connectivity index (χ3n) is 1.92. The van der Waals surface area contributed by atoms with Gasteiger partial charge in [-0.1, -0.05) is 0 Å². The van der Waals surface area contributed by atoms with Gasteiger partial charge in [-0.15, -0.1) is 11.3 Å². The van der Waals surface area contributed by atoms with Crippen molar-refractivity contribution in [1.82, 2.24) is 4.98 Å². The molecule has 0 amide bonds. The SMILES string of the molecule is Cc1csc(CC(O)CCOCC(F)F)n1. The highest BCUT2D eigenvalue weighted by molar-refractivity contribution is 7.09. The summed E-state index contributed by atoms with van der Waals surface area (Å²) in [6, 6.07) is 0. The van der Waals surface area contributed by atoms with Crippen molar-refractivity contribution in [1.29, 1.82) is 0 Å². The van der Waals surface area contributed by atoms with E-state index in [1.807, 2.05) is 12.3 Å². The summed E-state index contributed by atoms with van der Waals surface area (Å²) in [5.74, 6) is 0. The Bertz CT molecular complexity index is 307. The Morgan fingerprint density at radius 3 is 2.88 bits per heavy atom. The first-order chi connectivity index (χ1) is 7.58. The molecule has 0 radical (unpaired) electrons. The summed E-state index contributed by atoms with van der Waals surface area (Å²) >= 11 is 1.49. The predicted octanol–water partition coefficient (Wildman–Crippen LogP) is 2.03. The Kier molecular flexibility index (Phi) is 5.79. The van der Waals surface area contributed by atoms with Gasteiger partial charge in [0.2, 0.25) is 0 Å². The van der Waals surface area contributed by atoms with Crippen LogP contribution in [-0.4, -0.2) is 35.8 Å². The van der Waals surface area contributed by atoms with Crippen LogP contribution in [0.2, 0.25) is 0 Å². The van der Waals surface area contributed by atoms with Crippen LogP contribution in [0.25, 0.3) is 0 Å². The number of ether oxygens (including phenoxy) is 1. The zero-order chi connectivity index (χ0) is 12.0. The maximum absolute atomic E-state index is 11.7. The molecule has 0 aliphatic heterocycles. The van der Waals surface area contributed by atoms with Crippen LogP contribution in [0, 0.1) is 6.92 Å². The number of aliphatic hydroxyl groups excluding tert-OH is 1. The van der Waals surface area contributed by atoms with E-state index in [2.05, 4.69) is 9.72 Å². The number of aromatic nitrogens is 1. The number of hydrogen-bond acceptors (Lipinski definition) is 4. The van der Waals surface area contributed by atoms with Crippen LogP contribution in [0.1, 0.15) is 17.1 Å². The maximum Gasteiger partial charge on any atom is 0.261 e. The van der Waals surface area contributed by atoms with Crippen molar-refractivity contribution < 1.29 is 18.6 Å². The molecule has 0 saturated heterocycles. The van der Waals surface area contributed by atoms with Crippen LogP contribution < -0.4 is 0 Å². The molecule has 16 heavy (non-hydrogen) atoms. The second-order valence-electron chi connectivity index (χ2n) is 3.50. The van der Waals surface area contributed by atoms with Crippen LogP contribution in [0.3, 0.4) is 0 Å². The number of halogens is 2. The van der Waals surface area contributed by atoms with E-state index in [0.717, 1.165) is 10.7 Å². The fourth-order valence-corrected chi connectivity index (χ4v) is 2.04. The van der Waals surface area contributed by atoms with Gasteiger partial charge in [0.25, 0.3) is 6.43 Å². The smallest absolute Gasteiger partial charge is 0.261 e. The topological polar surface area (TPSA) is 42.4 Å². The van der Waals surface area contributed by atoms with Gasteiger partial charge in [0, 0.05) is 24.1 Å². The van der Waals surface area contributed by atoms with E-state index in [1.165, 1.54) is 11.3 Å². The molecule has 0 saturated carbocycles. The molecule has 1 aromatic heterocycles. The molecule has 0 aliphatic carbocycles. The van der Waals surface area contributed by atoms with Crippen LogP contribution >= 0.6 is 11.3 Å². The molecule has 0 fully saturated rings. The Labute approximate surface area is 97.1 Å². The highest BCUT2D eigenvalue weighted by Crippen LogP contribution is 2.12. The van der Waals surface area contributed by atoms with E-state index in [0.29, 0.717) is 12.8 Å². The second kappa shape index (κ2) is 6.88. The molecule has 0 spiro atoms. The molecule has 1 heterocycles. The first-order valence-electron chi connectivity index (χ1n) is 5.03. The average molecular weight is 251 g/mol. The maximum atomic E-state index is 11.7. The highest BCUT2D eigenvalue weighted by Gasteiger charge is 2.09. The zero-order valence-corrected chi connectivity index (χ0v) is 9.84. The van der Waals surface area contributed by atoms with Crippen molar-refractivity contribution >= 4 is 11.3 Å². The molecule has 3 nitrogen and oxygen atoms in total. The molecule has 6 heteroatoms. The van der Waals surface area contributed by atoms with E-state index >= 15 is 0 Å². The van der Waals surface area contributed by atoms with Crippen molar-refractivity contribution in [3.63, 3.8) is 0 Å². The minimum absolute atomic E-state index is 0.149. The van der Waals surface area contributed by atoms with Gasteiger partial charge in [0.05, 0.1) is 11.1 Å². The number of nitrogens with zero attached hydrogens (tertiary/aromatic N) is 1. The molecule has 1 rings (SSSR count). The number of alkyl halides is 2. The van der Waals surface area contributed by atoms with E-state index in [-0.39, 0.29) is 6.61 Å². The van der Waals surface area contributed by atoms with Crippen molar-refractivity contribution in [3.05, 3.63) is 16.1 Å². The molecular formula is C10H15F2NO2S. The Balaban J connectivity index is 2.13. The molecule has 1 atom stereocenters. The fourth-order valence-electron chi connectivity index (χ4n) is 1.19. The Morgan fingerprint density at radius 2 is 2.31 bits per heavy atom. The standard InChI is InChI=1S/C10H15F2NO2S/c1-7-6-16-10(13-7)4-8(14)2-3-15-5-9(11)12/h6,8-9,14H,2-5H2,1H3. The Morgan fingerprint density at radius 1 is 1.56 bits per heavy atom. The Hall–Kier alpha value is -0.590. The lowest BCUT2D eigenvalue weighted by molar-refractivity contribution is 0.00512. The van der Waals surface area contributed by atoms with Crippen LogP contribution in [0.15, 0.2) is 5.38 Å². The van der Waals surface area contributed by atoms with Crippen molar-refractivity contribution in [2.24, 2.45) is 0 Å². The van der Waals surface area contributed by atoms with Crippen LogP contribution in [0.5, 0.6) is 0 Å². The number of hydrogen-bond donors (Lipinski definition) is 1. The second-order valence-corrected chi connectivity index (χ2v) is 4.44. The normalized spacial score (nSPS) is 13.3. The lowest BCUT2D eigenvalue weighted by atomic mass is 10.2. The third kappa shape index (κ3) is 5.48. The molecule has 1 aromatic rings. The third-order valence-corrected chi connectivity index (χ3v) is 2.91. The zero-order valence-electron chi connectivity index (χ0n) is 9.03. The van der Waals surface area contributed by atoms with E-state index in [9.17, 15) is 13.9 Å². The molecule has 1 N–H and O–H groups in total. The minimum Gasteiger partial charge on any atom is -0.393 e. The summed E-state index contributed by atoms with van der Waals surface area (Å²) in [4.78, 5) is 4.20. The summed E-state index contributed by atoms with van der Waals surface area (Å²) in [5, 5.41) is 12.3. The summed E-state index contributed by atoms with van der Waals surface area (Å²) in [7, 11) is 0. The lowest BCUT2D eigenvalue weighted by Crippen LogP contribution is -2.15. The van der Waals surface area contributed by atoms with E-state index in [1.54, 1.807) is 0 Å². The number of aliphatic hydroxyl groups is 1. The van der Waals surface area contributed by atoms with Crippen molar-refractivity contribution in [3.8, 4) is 0 Å². The van der Waals surface area contributed by atoms with Gasteiger partial charge in [-0.3, -0.25) is 0 Å². The minimum atomic E-state index is -2.45. The average Bonchev–Trinajstić information content (AvgIpc) is 2.58. The molecular weight excluding hydrogens is 236 g/mol. The summed E-state index contributed by atoms with van der Waals surface area (Å²) < 4.78 is 28.1. The first-order valence-corrected chi connectivity index (χ1v) is 5.91. The summed E-state index contributed by atoms with van der Waals surface area (Å²) in [6.45, 7) is 1.47. The van der Waals surface area contributed by atoms with Crippen LogP contribution in [0.4, 0.5) is 8.78 Å². The highest BCUT2D eigenvalue weighted by atomic mass is 32.1. The van der Waals surface area contributed by atoms with E-state index in [4.69, 9.17) is 0 Å².